The van der Waals surface area contributed by atoms with Gasteiger partial charge < -0.3 is 10.4 Å². The maximum Gasteiger partial charge on any atom is 0.162 e. The van der Waals surface area contributed by atoms with Crippen molar-refractivity contribution in [2.24, 2.45) is 5.92 Å². The quantitative estimate of drug-likeness (QED) is 0.726. The van der Waals surface area contributed by atoms with Gasteiger partial charge in [-0.2, -0.15) is 0 Å². The summed E-state index contributed by atoms with van der Waals surface area (Å²) < 4.78 is 0. The van der Waals surface area contributed by atoms with E-state index < -0.39 is 6.10 Å². The Bertz CT molecular complexity index is 807. The van der Waals surface area contributed by atoms with Crippen molar-refractivity contribution in [3.63, 3.8) is 0 Å². The van der Waals surface area contributed by atoms with E-state index in [4.69, 9.17) is 0 Å². The molecular formula is C19H22N4O. The zero-order valence-electron chi connectivity index (χ0n) is 14.0. The fourth-order valence-electron chi connectivity index (χ4n) is 2.52. The second-order valence-electron chi connectivity index (χ2n) is 5.98. The minimum atomic E-state index is -0.409. The Kier molecular flexibility index (Phi) is 5.01. The number of aliphatic hydroxyl groups is 1. The van der Waals surface area contributed by atoms with Gasteiger partial charge in [0.25, 0.3) is 0 Å². The van der Waals surface area contributed by atoms with Gasteiger partial charge in [-0.25, -0.2) is 9.97 Å². The number of nitrogens with zero attached hydrogens (tertiary/aromatic N) is 3. The number of hydrogen-bond donors (Lipinski definition) is 2. The van der Waals surface area contributed by atoms with Gasteiger partial charge in [-0.15, -0.1) is 0 Å². The molecule has 3 aromatic rings. The summed E-state index contributed by atoms with van der Waals surface area (Å²) in [6.45, 7) is 4.59. The molecule has 2 aromatic heterocycles. The first kappa shape index (κ1) is 16.3. The van der Waals surface area contributed by atoms with Crippen LogP contribution in [0.1, 0.15) is 20.3 Å². The number of benzene rings is 1. The van der Waals surface area contributed by atoms with Gasteiger partial charge in [0.15, 0.2) is 5.82 Å². The highest BCUT2D eigenvalue weighted by molar-refractivity contribution is 5.90. The number of anilines is 1. The molecule has 5 heteroatoms. The molecule has 2 heterocycles. The van der Waals surface area contributed by atoms with Crippen LogP contribution in [0.3, 0.4) is 0 Å². The van der Waals surface area contributed by atoms with Gasteiger partial charge in [0, 0.05) is 29.9 Å². The zero-order valence-corrected chi connectivity index (χ0v) is 14.0. The van der Waals surface area contributed by atoms with Crippen molar-refractivity contribution in [2.45, 2.75) is 26.4 Å². The normalized spacial score (nSPS) is 13.6. The summed E-state index contributed by atoms with van der Waals surface area (Å²) in [7, 11) is 0. The topological polar surface area (TPSA) is 70.9 Å². The zero-order chi connectivity index (χ0) is 16.9. The smallest absolute Gasteiger partial charge is 0.162 e. The maximum absolute atomic E-state index is 10.2. The van der Waals surface area contributed by atoms with Crippen LogP contribution in [-0.4, -0.2) is 32.7 Å². The van der Waals surface area contributed by atoms with Crippen LogP contribution in [0, 0.1) is 5.92 Å². The molecule has 5 nitrogen and oxygen atoms in total. The van der Waals surface area contributed by atoms with Crippen molar-refractivity contribution >= 4 is 16.7 Å². The fraction of sp³-hybridized carbons (Fsp3) is 0.316. The highest BCUT2D eigenvalue weighted by Gasteiger charge is 2.14. The monoisotopic (exact) mass is 322 g/mol. The minimum Gasteiger partial charge on any atom is -0.391 e. The van der Waals surface area contributed by atoms with E-state index >= 15 is 0 Å². The summed E-state index contributed by atoms with van der Waals surface area (Å²) in [6.07, 6.45) is 3.99. The number of para-hydroxylation sites is 1. The lowest BCUT2D eigenvalue weighted by atomic mass is 10.0. The van der Waals surface area contributed by atoms with E-state index in [-0.39, 0.29) is 5.92 Å². The molecule has 2 atom stereocenters. The van der Waals surface area contributed by atoms with Crippen molar-refractivity contribution < 1.29 is 5.11 Å². The Morgan fingerprint density at radius 1 is 1.08 bits per heavy atom. The second-order valence-corrected chi connectivity index (χ2v) is 5.98. The molecule has 0 radical (unpaired) electrons. The van der Waals surface area contributed by atoms with Crippen molar-refractivity contribution in [3.8, 4) is 11.4 Å². The SMILES string of the molecule is CCC(C)C(O)CNc1nc(-c2ccncc2)nc2ccccc12. The fourth-order valence-corrected chi connectivity index (χ4v) is 2.52. The predicted molar refractivity (Wildman–Crippen MR) is 96.7 cm³/mol. The highest BCUT2D eigenvalue weighted by Crippen LogP contribution is 2.24. The summed E-state index contributed by atoms with van der Waals surface area (Å²) >= 11 is 0. The van der Waals surface area contributed by atoms with Crippen LogP contribution in [0.15, 0.2) is 48.8 Å². The molecule has 0 aliphatic carbocycles. The number of pyridine rings is 1. The van der Waals surface area contributed by atoms with Crippen molar-refractivity contribution in [3.05, 3.63) is 48.8 Å². The Morgan fingerprint density at radius 3 is 2.58 bits per heavy atom. The first-order valence-electron chi connectivity index (χ1n) is 8.28. The van der Waals surface area contributed by atoms with E-state index in [1.165, 1.54) is 0 Å². The molecule has 0 spiro atoms. The largest absolute Gasteiger partial charge is 0.391 e. The number of fused-ring (bicyclic) bond motifs is 1. The summed E-state index contributed by atoms with van der Waals surface area (Å²) in [5, 5.41) is 14.5. The molecule has 1 aromatic carbocycles. The van der Waals surface area contributed by atoms with Crippen LogP contribution in [0.25, 0.3) is 22.3 Å². The molecule has 0 bridgehead atoms. The summed E-state index contributed by atoms with van der Waals surface area (Å²) in [6, 6.07) is 11.7. The molecule has 3 rings (SSSR count). The number of aromatic nitrogens is 3. The molecule has 2 unspecified atom stereocenters. The third kappa shape index (κ3) is 3.51. The maximum atomic E-state index is 10.2. The van der Waals surface area contributed by atoms with Crippen LogP contribution in [0.4, 0.5) is 5.82 Å². The molecule has 2 N–H and O–H groups in total. The van der Waals surface area contributed by atoms with Gasteiger partial charge in [0.1, 0.15) is 5.82 Å². The predicted octanol–water partition coefficient (Wildman–Crippen LogP) is 3.51. The van der Waals surface area contributed by atoms with E-state index in [9.17, 15) is 5.11 Å². The summed E-state index contributed by atoms with van der Waals surface area (Å²) in [4.78, 5) is 13.3. The first-order chi connectivity index (χ1) is 11.7. The molecule has 0 fully saturated rings. The lowest BCUT2D eigenvalue weighted by Gasteiger charge is -2.18. The van der Waals surface area contributed by atoms with Gasteiger partial charge in [0.2, 0.25) is 0 Å². The highest BCUT2D eigenvalue weighted by atomic mass is 16.3. The molecular weight excluding hydrogens is 300 g/mol. The third-order valence-electron chi connectivity index (χ3n) is 4.32. The number of rotatable bonds is 6. The van der Waals surface area contributed by atoms with Crippen LogP contribution in [-0.2, 0) is 0 Å². The van der Waals surface area contributed by atoms with E-state index in [1.54, 1.807) is 12.4 Å². The first-order valence-corrected chi connectivity index (χ1v) is 8.28. The summed E-state index contributed by atoms with van der Waals surface area (Å²) in [5.74, 6) is 1.64. The average Bonchev–Trinajstić information content (AvgIpc) is 2.65. The van der Waals surface area contributed by atoms with Crippen molar-refractivity contribution in [1.82, 2.24) is 15.0 Å². The number of nitrogens with one attached hydrogen (secondary N) is 1. The molecule has 24 heavy (non-hydrogen) atoms. The van der Waals surface area contributed by atoms with Crippen molar-refractivity contribution in [1.29, 1.82) is 0 Å². The molecule has 0 aliphatic heterocycles. The van der Waals surface area contributed by atoms with Gasteiger partial charge in [-0.05, 0) is 30.2 Å². The minimum absolute atomic E-state index is 0.241. The van der Waals surface area contributed by atoms with E-state index in [0.717, 1.165) is 28.7 Å². The van der Waals surface area contributed by atoms with Crippen LogP contribution in [0.5, 0.6) is 0 Å². The molecule has 0 saturated carbocycles. The third-order valence-corrected chi connectivity index (χ3v) is 4.32. The number of hydrogen-bond acceptors (Lipinski definition) is 5. The summed E-state index contributed by atoms with van der Waals surface area (Å²) in [5.41, 5.74) is 1.79. The molecule has 0 aliphatic rings. The van der Waals surface area contributed by atoms with Crippen molar-refractivity contribution in [2.75, 3.05) is 11.9 Å². The van der Waals surface area contributed by atoms with Gasteiger partial charge in [0.05, 0.1) is 11.6 Å². The molecule has 0 amide bonds. The number of aliphatic hydroxyl groups excluding tert-OH is 1. The van der Waals surface area contributed by atoms with Gasteiger partial charge in [-0.3, -0.25) is 4.98 Å². The Labute approximate surface area is 141 Å². The Balaban J connectivity index is 1.96. The average molecular weight is 322 g/mol. The van der Waals surface area contributed by atoms with Crippen LogP contribution < -0.4 is 5.32 Å². The Morgan fingerprint density at radius 2 is 1.83 bits per heavy atom. The van der Waals surface area contributed by atoms with E-state index in [0.29, 0.717) is 12.4 Å². The van der Waals surface area contributed by atoms with Gasteiger partial charge in [-0.1, -0.05) is 32.4 Å². The Hall–Kier alpha value is -2.53. The van der Waals surface area contributed by atoms with E-state index in [1.807, 2.05) is 43.3 Å². The standard InChI is InChI=1S/C19H22N4O/c1-3-13(2)17(24)12-21-19-15-6-4-5-7-16(15)22-18(23-19)14-8-10-20-11-9-14/h4-11,13,17,24H,3,12H2,1-2H3,(H,21,22,23). The van der Waals surface area contributed by atoms with Crippen LogP contribution >= 0.6 is 0 Å². The van der Waals surface area contributed by atoms with Gasteiger partial charge >= 0.3 is 0 Å². The lowest BCUT2D eigenvalue weighted by molar-refractivity contribution is 0.126. The molecule has 124 valence electrons. The lowest BCUT2D eigenvalue weighted by Crippen LogP contribution is -2.26. The molecule has 0 saturated heterocycles. The van der Waals surface area contributed by atoms with Crippen LogP contribution in [0.2, 0.25) is 0 Å². The second kappa shape index (κ2) is 7.36. The van der Waals surface area contributed by atoms with E-state index in [2.05, 4.69) is 27.2 Å².